The fourth-order valence-corrected chi connectivity index (χ4v) is 2.04. The van der Waals surface area contributed by atoms with E-state index in [4.69, 9.17) is 10.5 Å². The number of halogens is 1. The first-order valence-electron chi connectivity index (χ1n) is 5.67. The zero-order valence-electron chi connectivity index (χ0n) is 10.9. The van der Waals surface area contributed by atoms with E-state index in [1.54, 1.807) is 19.1 Å². The first kappa shape index (κ1) is 16.7. The summed E-state index contributed by atoms with van der Waals surface area (Å²) in [7, 11) is 0. The molecule has 1 atom stereocenters. The van der Waals surface area contributed by atoms with Crippen molar-refractivity contribution < 1.29 is 14.6 Å². The van der Waals surface area contributed by atoms with E-state index in [1.165, 1.54) is 0 Å². The molecule has 5 heteroatoms. The molecule has 0 heterocycles. The summed E-state index contributed by atoms with van der Waals surface area (Å²) in [6.45, 7) is 5.86. The number of phenols is 1. The van der Waals surface area contributed by atoms with Gasteiger partial charge in [-0.25, -0.2) is 0 Å². The van der Waals surface area contributed by atoms with Gasteiger partial charge in [0.05, 0.1) is 13.0 Å². The smallest absolute Gasteiger partial charge is 0.307 e. The predicted molar refractivity (Wildman–Crippen MR) is 73.0 cm³/mol. The Labute approximate surface area is 114 Å². The summed E-state index contributed by atoms with van der Waals surface area (Å²) in [5.74, 6) is -0.0843. The van der Waals surface area contributed by atoms with Gasteiger partial charge < -0.3 is 15.6 Å². The van der Waals surface area contributed by atoms with Crippen LogP contribution >= 0.6 is 12.4 Å². The molecule has 102 valence electrons. The molecule has 18 heavy (non-hydrogen) atoms. The van der Waals surface area contributed by atoms with Crippen LogP contribution in [0.2, 0.25) is 0 Å². The maximum absolute atomic E-state index is 11.4. The van der Waals surface area contributed by atoms with Crippen LogP contribution in [0, 0.1) is 13.8 Å². The molecule has 0 aliphatic rings. The molecule has 0 aliphatic carbocycles. The maximum Gasteiger partial charge on any atom is 0.307 e. The molecule has 1 rings (SSSR count). The normalized spacial score (nSPS) is 11.6. The largest absolute Gasteiger partial charge is 0.508 e. The molecular weight excluding hydrogens is 254 g/mol. The molecule has 3 N–H and O–H groups in total. The Kier molecular flexibility index (Phi) is 6.73. The molecule has 0 aliphatic heterocycles. The third-order valence-corrected chi connectivity index (χ3v) is 2.64. The van der Waals surface area contributed by atoms with E-state index in [-0.39, 0.29) is 30.5 Å². The van der Waals surface area contributed by atoms with E-state index in [0.717, 1.165) is 16.7 Å². The van der Waals surface area contributed by atoms with Crippen LogP contribution in [0.15, 0.2) is 12.1 Å². The van der Waals surface area contributed by atoms with E-state index in [9.17, 15) is 9.90 Å². The van der Waals surface area contributed by atoms with Crippen molar-refractivity contribution in [2.45, 2.75) is 33.2 Å². The molecule has 4 nitrogen and oxygen atoms in total. The number of aryl methyl sites for hydroxylation is 2. The number of phenolic OH excluding ortho intramolecular Hbond substituents is 1. The standard InChI is InChI=1S/C13H19NO3.ClH/c1-4-17-12(16)7-11(14)13-8(2)5-10(15)6-9(13)3;/h5-6,11,15H,4,7,14H2,1-3H3;1H/t11-;/m1./s1. The molecule has 0 saturated heterocycles. The second-order valence-electron chi connectivity index (χ2n) is 4.11. The molecule has 0 spiro atoms. The van der Waals surface area contributed by atoms with Gasteiger partial charge in [0, 0.05) is 6.04 Å². The van der Waals surface area contributed by atoms with Crippen molar-refractivity contribution in [3.63, 3.8) is 0 Å². The minimum absolute atomic E-state index is 0. The molecule has 0 aromatic heterocycles. The molecule has 1 aromatic rings. The van der Waals surface area contributed by atoms with E-state index in [0.29, 0.717) is 6.61 Å². The van der Waals surface area contributed by atoms with Crippen LogP contribution in [0.25, 0.3) is 0 Å². The molecule has 1 aromatic carbocycles. The average Bonchev–Trinajstić information content (AvgIpc) is 2.15. The van der Waals surface area contributed by atoms with E-state index in [1.807, 2.05) is 13.8 Å². The number of esters is 1. The van der Waals surface area contributed by atoms with Crippen molar-refractivity contribution in [2.75, 3.05) is 6.61 Å². The van der Waals surface area contributed by atoms with Crippen LogP contribution in [0.5, 0.6) is 5.75 Å². The van der Waals surface area contributed by atoms with Crippen LogP contribution in [-0.2, 0) is 9.53 Å². The van der Waals surface area contributed by atoms with Gasteiger partial charge >= 0.3 is 5.97 Å². The van der Waals surface area contributed by atoms with Gasteiger partial charge in [0.25, 0.3) is 0 Å². The Morgan fingerprint density at radius 3 is 2.33 bits per heavy atom. The Bertz CT molecular complexity index is 398. The van der Waals surface area contributed by atoms with Crippen molar-refractivity contribution in [1.29, 1.82) is 0 Å². The van der Waals surface area contributed by atoms with E-state index in [2.05, 4.69) is 0 Å². The molecule has 0 bridgehead atoms. The van der Waals surface area contributed by atoms with Gasteiger partial charge in [0.1, 0.15) is 5.75 Å². The lowest BCUT2D eigenvalue weighted by atomic mass is 9.94. The second-order valence-corrected chi connectivity index (χ2v) is 4.11. The zero-order chi connectivity index (χ0) is 13.0. The van der Waals surface area contributed by atoms with Crippen molar-refractivity contribution in [3.8, 4) is 5.75 Å². The summed E-state index contributed by atoms with van der Waals surface area (Å²) >= 11 is 0. The van der Waals surface area contributed by atoms with E-state index < -0.39 is 6.04 Å². The number of nitrogens with two attached hydrogens (primary N) is 1. The quantitative estimate of drug-likeness (QED) is 0.826. The molecule has 0 fully saturated rings. The van der Waals surface area contributed by atoms with Crippen LogP contribution in [-0.4, -0.2) is 17.7 Å². The number of benzene rings is 1. The highest BCUT2D eigenvalue weighted by atomic mass is 35.5. The molecular formula is C13H20ClNO3. The molecule has 0 saturated carbocycles. The fraction of sp³-hybridized carbons (Fsp3) is 0.462. The van der Waals surface area contributed by atoms with Gasteiger partial charge in [-0.05, 0) is 49.6 Å². The number of carbonyl (C=O) groups is 1. The second kappa shape index (κ2) is 7.24. The molecule has 0 unspecified atom stereocenters. The Morgan fingerprint density at radius 1 is 1.39 bits per heavy atom. The summed E-state index contributed by atoms with van der Waals surface area (Å²) in [4.78, 5) is 11.4. The van der Waals surface area contributed by atoms with Gasteiger partial charge in [-0.3, -0.25) is 4.79 Å². The average molecular weight is 274 g/mol. The number of ether oxygens (including phenoxy) is 1. The van der Waals surface area contributed by atoms with Crippen LogP contribution in [0.3, 0.4) is 0 Å². The van der Waals surface area contributed by atoms with Crippen LogP contribution < -0.4 is 5.73 Å². The first-order valence-corrected chi connectivity index (χ1v) is 5.67. The van der Waals surface area contributed by atoms with Crippen molar-refractivity contribution in [1.82, 2.24) is 0 Å². The summed E-state index contributed by atoms with van der Waals surface area (Å²) in [6.07, 6.45) is 0.153. The van der Waals surface area contributed by atoms with Crippen LogP contribution in [0.4, 0.5) is 0 Å². The van der Waals surface area contributed by atoms with Gasteiger partial charge in [0.2, 0.25) is 0 Å². The topological polar surface area (TPSA) is 72.5 Å². The van der Waals surface area contributed by atoms with Crippen LogP contribution in [0.1, 0.15) is 36.1 Å². The first-order chi connectivity index (χ1) is 7.95. The monoisotopic (exact) mass is 273 g/mol. The van der Waals surface area contributed by atoms with Crippen molar-refractivity contribution in [2.24, 2.45) is 5.73 Å². The van der Waals surface area contributed by atoms with Crippen molar-refractivity contribution >= 4 is 18.4 Å². The third-order valence-electron chi connectivity index (χ3n) is 2.64. The lowest BCUT2D eigenvalue weighted by Crippen LogP contribution is -2.19. The Hall–Kier alpha value is -1.26. The highest BCUT2D eigenvalue weighted by Crippen LogP contribution is 2.26. The third kappa shape index (κ3) is 4.20. The van der Waals surface area contributed by atoms with E-state index >= 15 is 0 Å². The van der Waals surface area contributed by atoms with Gasteiger partial charge in [0.15, 0.2) is 0 Å². The Balaban J connectivity index is 0.00000289. The number of rotatable bonds is 4. The van der Waals surface area contributed by atoms with Crippen molar-refractivity contribution in [3.05, 3.63) is 28.8 Å². The lowest BCUT2D eigenvalue weighted by molar-refractivity contribution is -0.143. The van der Waals surface area contributed by atoms with Gasteiger partial charge in [-0.15, -0.1) is 12.4 Å². The number of carbonyl (C=O) groups excluding carboxylic acids is 1. The summed E-state index contributed by atoms with van der Waals surface area (Å²) in [6, 6.07) is 2.90. The molecule has 0 amide bonds. The van der Waals surface area contributed by atoms with Gasteiger partial charge in [-0.1, -0.05) is 0 Å². The SMILES string of the molecule is CCOC(=O)C[C@@H](N)c1c(C)cc(O)cc1C.Cl. The zero-order valence-corrected chi connectivity index (χ0v) is 11.7. The lowest BCUT2D eigenvalue weighted by Gasteiger charge is -2.17. The minimum atomic E-state index is -0.394. The highest BCUT2D eigenvalue weighted by molar-refractivity contribution is 5.85. The highest BCUT2D eigenvalue weighted by Gasteiger charge is 2.17. The Morgan fingerprint density at radius 2 is 1.89 bits per heavy atom. The predicted octanol–water partition coefficient (Wildman–Crippen LogP) is 2.38. The fourth-order valence-electron chi connectivity index (χ4n) is 2.04. The summed E-state index contributed by atoms with van der Waals surface area (Å²) < 4.78 is 4.87. The maximum atomic E-state index is 11.4. The number of hydrogen-bond acceptors (Lipinski definition) is 4. The minimum Gasteiger partial charge on any atom is -0.508 e. The summed E-state index contributed by atoms with van der Waals surface area (Å²) in [5, 5.41) is 9.43. The molecule has 0 radical (unpaired) electrons. The summed E-state index contributed by atoms with van der Waals surface area (Å²) in [5.41, 5.74) is 8.67. The number of aromatic hydroxyl groups is 1. The van der Waals surface area contributed by atoms with Gasteiger partial charge in [-0.2, -0.15) is 0 Å². The number of hydrogen-bond donors (Lipinski definition) is 2.